The van der Waals surface area contributed by atoms with Crippen molar-refractivity contribution in [3.8, 4) is 11.5 Å². The molecule has 0 aromatic heterocycles. The van der Waals surface area contributed by atoms with Crippen molar-refractivity contribution in [1.29, 1.82) is 0 Å². The zero-order valence-electron chi connectivity index (χ0n) is 14.4. The van der Waals surface area contributed by atoms with Gasteiger partial charge in [0.05, 0.1) is 6.61 Å². The van der Waals surface area contributed by atoms with E-state index in [-0.39, 0.29) is 33.4 Å². The van der Waals surface area contributed by atoms with Crippen molar-refractivity contribution in [3.05, 3.63) is 66.6 Å². The summed E-state index contributed by atoms with van der Waals surface area (Å²) in [5.74, 6) is 0.885. The minimum absolute atomic E-state index is 0. The second-order valence-electron chi connectivity index (χ2n) is 5.80. The monoisotopic (exact) mass is 553 g/mol. The predicted octanol–water partition coefficient (Wildman–Crippen LogP) is 3.15. The molecule has 0 saturated heterocycles. The van der Waals surface area contributed by atoms with E-state index in [1.54, 1.807) is 36.4 Å². The largest absolute Gasteiger partial charge is 0.494 e. The van der Waals surface area contributed by atoms with Crippen LogP contribution in [0.4, 0.5) is 13.2 Å². The number of benzene rings is 2. The molecule has 2 aromatic rings. The maximum Gasteiger partial charge on any atom is 0.417 e. The summed E-state index contributed by atoms with van der Waals surface area (Å²) >= 11 is 0. The van der Waals surface area contributed by atoms with Crippen molar-refractivity contribution >= 4 is 0 Å². The third kappa shape index (κ3) is 8.33. The average molecular weight is 553 g/mol. The molecule has 2 rings (SSSR count). The normalized spacial score (nSPS) is 13.4. The van der Waals surface area contributed by atoms with Crippen LogP contribution in [0.15, 0.2) is 48.5 Å². The van der Waals surface area contributed by atoms with E-state index in [1.807, 2.05) is 12.1 Å². The summed E-state index contributed by atoms with van der Waals surface area (Å²) in [6, 6.07) is 14.0. The molecule has 27 heavy (non-hydrogen) atoms. The molecular weight excluding hydrogens is 533 g/mol. The summed E-state index contributed by atoms with van der Waals surface area (Å²) in [5.41, 5.74) is 1.98. The standard InChI is InChI=1S/C19H20F3O4.W/c1-13(23)11-25-16-6-2-14(3-7-16)10-15-4-8-17(9-5-15)26-12-18(24)19(20,21)22;/h2-9,13,18,23-24H,1,10-12H2;/q-1;. The summed E-state index contributed by atoms with van der Waals surface area (Å²) in [4.78, 5) is 0. The van der Waals surface area contributed by atoms with Crippen molar-refractivity contribution in [3.63, 3.8) is 0 Å². The Morgan fingerprint density at radius 1 is 0.815 bits per heavy atom. The van der Waals surface area contributed by atoms with Gasteiger partial charge in [0.1, 0.15) is 18.1 Å². The van der Waals surface area contributed by atoms with Gasteiger partial charge < -0.3 is 26.6 Å². The summed E-state index contributed by atoms with van der Waals surface area (Å²) in [6.45, 7) is 2.69. The minimum Gasteiger partial charge on any atom is -0.494 e. The first kappa shape index (κ1) is 23.5. The topological polar surface area (TPSA) is 58.9 Å². The number of alkyl halides is 3. The Labute approximate surface area is 170 Å². The molecule has 0 aliphatic heterocycles. The van der Waals surface area contributed by atoms with E-state index in [4.69, 9.17) is 19.7 Å². The zero-order valence-corrected chi connectivity index (χ0v) is 17.3. The molecule has 0 bridgehead atoms. The zero-order chi connectivity index (χ0) is 19.2. The van der Waals surface area contributed by atoms with Crippen molar-refractivity contribution in [2.24, 2.45) is 0 Å². The van der Waals surface area contributed by atoms with Crippen LogP contribution >= 0.6 is 0 Å². The fourth-order valence-electron chi connectivity index (χ4n) is 2.10. The van der Waals surface area contributed by atoms with Crippen molar-refractivity contribution in [2.45, 2.75) is 24.8 Å². The van der Waals surface area contributed by atoms with Crippen molar-refractivity contribution in [2.75, 3.05) is 13.2 Å². The second kappa shape index (κ2) is 10.7. The van der Waals surface area contributed by atoms with Gasteiger partial charge in [0.15, 0.2) is 6.10 Å². The number of hydrogen-bond acceptors (Lipinski definition) is 4. The smallest absolute Gasteiger partial charge is 0.417 e. The molecule has 2 atom stereocenters. The predicted molar refractivity (Wildman–Crippen MR) is 90.1 cm³/mol. The molecule has 0 radical (unpaired) electrons. The van der Waals surface area contributed by atoms with Gasteiger partial charge in [0.25, 0.3) is 0 Å². The van der Waals surface area contributed by atoms with E-state index < -0.39 is 25.0 Å². The molecule has 0 fully saturated rings. The molecular formula is C19H20F3O4W-. The average Bonchev–Trinajstić information content (AvgIpc) is 2.59. The maximum absolute atomic E-state index is 12.2. The van der Waals surface area contributed by atoms with E-state index in [0.717, 1.165) is 11.1 Å². The van der Waals surface area contributed by atoms with E-state index in [1.165, 1.54) is 0 Å². The molecule has 8 heteroatoms. The summed E-state index contributed by atoms with van der Waals surface area (Å²) < 4.78 is 46.9. The van der Waals surface area contributed by atoms with Gasteiger partial charge >= 0.3 is 6.18 Å². The van der Waals surface area contributed by atoms with Crippen LogP contribution in [0, 0.1) is 6.92 Å². The number of halogens is 3. The van der Waals surface area contributed by atoms with Gasteiger partial charge in [-0.05, 0) is 47.9 Å². The minimum atomic E-state index is -4.69. The number of rotatable bonds is 8. The van der Waals surface area contributed by atoms with E-state index in [2.05, 4.69) is 6.92 Å². The Bertz CT molecular complexity index is 673. The molecule has 0 aliphatic carbocycles. The first-order chi connectivity index (χ1) is 12.2. The van der Waals surface area contributed by atoms with Crippen LogP contribution in [0.1, 0.15) is 11.1 Å². The number of hydrogen-bond donors (Lipinski definition) is 2. The van der Waals surface area contributed by atoms with Crippen LogP contribution in [-0.2, 0) is 27.5 Å². The molecule has 0 amide bonds. The first-order valence-electron chi connectivity index (χ1n) is 7.93. The van der Waals surface area contributed by atoms with Crippen LogP contribution < -0.4 is 9.47 Å². The quantitative estimate of drug-likeness (QED) is 0.494. The Morgan fingerprint density at radius 2 is 1.22 bits per heavy atom. The van der Waals surface area contributed by atoms with Gasteiger partial charge in [-0.15, -0.1) is 0 Å². The molecule has 2 N–H and O–H groups in total. The Kier molecular flexibility index (Phi) is 9.30. The SMILES string of the molecule is [CH2-]C(O)COc1ccc(Cc2ccc(OCC(O)C(F)(F)F)cc2)cc1.[W]. The summed E-state index contributed by atoms with van der Waals surface area (Å²) in [5, 5.41) is 18.0. The Balaban J connectivity index is 0.00000364. The van der Waals surface area contributed by atoms with Crippen LogP contribution in [0.25, 0.3) is 0 Å². The van der Waals surface area contributed by atoms with E-state index in [9.17, 15) is 13.2 Å². The molecule has 2 aromatic carbocycles. The van der Waals surface area contributed by atoms with Crippen LogP contribution in [0.2, 0.25) is 0 Å². The summed E-state index contributed by atoms with van der Waals surface area (Å²) in [6.07, 6.45) is -7.36. The van der Waals surface area contributed by atoms with Crippen molar-refractivity contribution in [1.82, 2.24) is 0 Å². The van der Waals surface area contributed by atoms with Gasteiger partial charge in [0.2, 0.25) is 0 Å². The first-order valence-corrected chi connectivity index (χ1v) is 7.93. The number of ether oxygens (including phenoxy) is 2. The Hall–Kier alpha value is -1.56. The molecule has 0 aliphatic rings. The third-order valence-corrected chi connectivity index (χ3v) is 3.48. The third-order valence-electron chi connectivity index (χ3n) is 3.48. The van der Waals surface area contributed by atoms with Crippen LogP contribution in [-0.4, -0.2) is 41.8 Å². The van der Waals surface area contributed by atoms with Crippen molar-refractivity contribution < 1.29 is 53.9 Å². The molecule has 0 saturated carbocycles. The van der Waals surface area contributed by atoms with E-state index >= 15 is 0 Å². The summed E-state index contributed by atoms with van der Waals surface area (Å²) in [7, 11) is 0. The van der Waals surface area contributed by atoms with Gasteiger partial charge in [-0.1, -0.05) is 24.3 Å². The molecule has 0 heterocycles. The van der Waals surface area contributed by atoms with Gasteiger partial charge in [0, 0.05) is 21.1 Å². The molecule has 0 spiro atoms. The fourth-order valence-corrected chi connectivity index (χ4v) is 2.10. The van der Waals surface area contributed by atoms with Gasteiger partial charge in [-0.2, -0.15) is 13.2 Å². The molecule has 148 valence electrons. The van der Waals surface area contributed by atoms with Gasteiger partial charge in [-0.25, -0.2) is 0 Å². The van der Waals surface area contributed by atoms with Crippen LogP contribution in [0.3, 0.4) is 0 Å². The van der Waals surface area contributed by atoms with E-state index in [0.29, 0.717) is 12.2 Å². The fraction of sp³-hybridized carbons (Fsp3) is 0.316. The van der Waals surface area contributed by atoms with Crippen LogP contribution in [0.5, 0.6) is 11.5 Å². The Morgan fingerprint density at radius 3 is 1.59 bits per heavy atom. The number of aliphatic hydroxyl groups is 2. The van der Waals surface area contributed by atoms with Gasteiger partial charge in [-0.3, -0.25) is 0 Å². The number of aliphatic hydroxyl groups excluding tert-OH is 2. The second-order valence-corrected chi connectivity index (χ2v) is 5.80. The molecule has 2 unspecified atom stereocenters. The molecule has 4 nitrogen and oxygen atoms in total. The maximum atomic E-state index is 12.2.